The molecule has 0 amide bonds. The van der Waals surface area contributed by atoms with Crippen LogP contribution in [0.5, 0.6) is 0 Å². The normalized spacial score (nSPS) is 13.0. The second kappa shape index (κ2) is 23.0. The lowest BCUT2D eigenvalue weighted by Crippen LogP contribution is -2.25. The van der Waals surface area contributed by atoms with Crippen molar-refractivity contribution < 1.29 is 0 Å². The molecule has 0 fully saturated rings. The van der Waals surface area contributed by atoms with Gasteiger partial charge in [-0.2, -0.15) is 0 Å². The molecule has 28 heavy (non-hydrogen) atoms. The summed E-state index contributed by atoms with van der Waals surface area (Å²) in [4.78, 5) is 2.39. The second-order valence-electron chi connectivity index (χ2n) is 9.19. The van der Waals surface area contributed by atoms with Crippen molar-refractivity contribution in [2.24, 2.45) is 0 Å². The summed E-state index contributed by atoms with van der Waals surface area (Å²) in [6.07, 6.45) is 33.3. The molecule has 0 aliphatic heterocycles. The molecule has 1 unspecified atom stereocenters. The van der Waals surface area contributed by atoms with Crippen LogP contribution >= 0.6 is 0 Å². The van der Waals surface area contributed by atoms with Crippen molar-refractivity contribution in [1.29, 1.82) is 0 Å². The Bertz CT molecular complexity index is 307. The molecule has 0 radical (unpaired) electrons. The molecule has 0 N–H and O–H groups in total. The van der Waals surface area contributed by atoms with Gasteiger partial charge in [0.15, 0.2) is 0 Å². The lowest BCUT2D eigenvalue weighted by molar-refractivity contribution is 0.319. The smallest absolute Gasteiger partial charge is 0.0272 e. The molecule has 0 rings (SSSR count). The number of likely N-dealkylation sites (N-methyl/N-ethyl adjacent to an activating group) is 1. The Kier molecular flexibility index (Phi) is 22.7. The SMILES string of the molecule is CCCCCC=CC(CCCCCCCCCCCCCCCCC)N(C)C. The predicted octanol–water partition coefficient (Wildman–Crippen LogP) is 9.31. The first kappa shape index (κ1) is 27.7. The highest BCUT2D eigenvalue weighted by molar-refractivity contribution is 4.93. The van der Waals surface area contributed by atoms with Crippen molar-refractivity contribution in [2.75, 3.05) is 14.1 Å². The fourth-order valence-corrected chi connectivity index (χ4v) is 4.02. The molecule has 0 aromatic rings. The van der Waals surface area contributed by atoms with Gasteiger partial charge in [0.05, 0.1) is 0 Å². The maximum atomic E-state index is 2.46. The maximum Gasteiger partial charge on any atom is 0.0272 e. The molecule has 1 nitrogen and oxygen atoms in total. The van der Waals surface area contributed by atoms with E-state index in [-0.39, 0.29) is 0 Å². The van der Waals surface area contributed by atoms with Crippen LogP contribution in [-0.4, -0.2) is 25.0 Å². The van der Waals surface area contributed by atoms with Crippen LogP contribution in [0.3, 0.4) is 0 Å². The average Bonchev–Trinajstić information content (AvgIpc) is 2.68. The molecule has 0 spiro atoms. The van der Waals surface area contributed by atoms with E-state index in [0.717, 1.165) is 0 Å². The molecule has 1 heteroatoms. The van der Waals surface area contributed by atoms with Crippen LogP contribution in [-0.2, 0) is 0 Å². The van der Waals surface area contributed by atoms with Gasteiger partial charge in [-0.15, -0.1) is 0 Å². The summed E-state index contributed by atoms with van der Waals surface area (Å²) in [7, 11) is 4.46. The Morgan fingerprint density at radius 2 is 0.929 bits per heavy atom. The average molecular weight is 394 g/mol. The topological polar surface area (TPSA) is 3.24 Å². The van der Waals surface area contributed by atoms with Crippen LogP contribution in [0, 0.1) is 0 Å². The lowest BCUT2D eigenvalue weighted by Gasteiger charge is -2.21. The molecule has 0 aliphatic carbocycles. The van der Waals surface area contributed by atoms with Crippen LogP contribution < -0.4 is 0 Å². The van der Waals surface area contributed by atoms with E-state index in [2.05, 4.69) is 45.0 Å². The van der Waals surface area contributed by atoms with E-state index in [0.29, 0.717) is 6.04 Å². The van der Waals surface area contributed by atoms with Crippen molar-refractivity contribution in [1.82, 2.24) is 4.90 Å². The number of nitrogens with zero attached hydrogens (tertiary/aromatic N) is 1. The Morgan fingerprint density at radius 1 is 0.536 bits per heavy atom. The summed E-state index contributed by atoms with van der Waals surface area (Å²) < 4.78 is 0. The quantitative estimate of drug-likeness (QED) is 0.131. The van der Waals surface area contributed by atoms with Crippen LogP contribution in [0.1, 0.15) is 142 Å². The predicted molar refractivity (Wildman–Crippen MR) is 130 cm³/mol. The summed E-state index contributed by atoms with van der Waals surface area (Å²) in [5, 5.41) is 0. The van der Waals surface area contributed by atoms with Gasteiger partial charge >= 0.3 is 0 Å². The van der Waals surface area contributed by atoms with Gasteiger partial charge in [-0.3, -0.25) is 0 Å². The number of allylic oxidation sites excluding steroid dienone is 1. The third kappa shape index (κ3) is 20.4. The summed E-state index contributed by atoms with van der Waals surface area (Å²) in [6.45, 7) is 4.58. The maximum absolute atomic E-state index is 2.46. The first-order chi connectivity index (χ1) is 13.7. The molecule has 0 saturated carbocycles. The minimum absolute atomic E-state index is 0.642. The standard InChI is InChI=1S/C27H55N/c1-5-7-9-11-12-13-14-15-16-17-18-19-20-22-24-26-27(28(3)4)25-23-21-10-8-6-2/h23,25,27H,5-22,24,26H2,1-4H3. The highest BCUT2D eigenvalue weighted by atomic mass is 15.1. The van der Waals surface area contributed by atoms with Gasteiger partial charge in [-0.05, 0) is 33.4 Å². The van der Waals surface area contributed by atoms with Crippen LogP contribution in [0.2, 0.25) is 0 Å². The zero-order valence-electron chi connectivity index (χ0n) is 20.3. The van der Waals surface area contributed by atoms with Gasteiger partial charge in [-0.1, -0.05) is 135 Å². The van der Waals surface area contributed by atoms with Gasteiger partial charge in [0, 0.05) is 6.04 Å². The van der Waals surface area contributed by atoms with Gasteiger partial charge in [0.2, 0.25) is 0 Å². The van der Waals surface area contributed by atoms with E-state index in [1.165, 1.54) is 128 Å². The monoisotopic (exact) mass is 393 g/mol. The molecule has 0 aromatic heterocycles. The van der Waals surface area contributed by atoms with E-state index in [1.54, 1.807) is 0 Å². The number of unbranched alkanes of at least 4 members (excludes halogenated alkanes) is 17. The van der Waals surface area contributed by atoms with E-state index in [4.69, 9.17) is 0 Å². The third-order valence-corrected chi connectivity index (χ3v) is 6.10. The summed E-state index contributed by atoms with van der Waals surface area (Å²) >= 11 is 0. The van der Waals surface area contributed by atoms with Crippen LogP contribution in [0.15, 0.2) is 12.2 Å². The first-order valence-electron chi connectivity index (χ1n) is 13.1. The Hall–Kier alpha value is -0.300. The van der Waals surface area contributed by atoms with E-state index < -0.39 is 0 Å². The Labute approximate surface area is 179 Å². The zero-order chi connectivity index (χ0) is 20.7. The van der Waals surface area contributed by atoms with Crippen LogP contribution in [0.25, 0.3) is 0 Å². The largest absolute Gasteiger partial charge is 0.303 e. The molecule has 1 atom stereocenters. The van der Waals surface area contributed by atoms with Crippen molar-refractivity contribution in [3.05, 3.63) is 12.2 Å². The van der Waals surface area contributed by atoms with E-state index in [9.17, 15) is 0 Å². The van der Waals surface area contributed by atoms with Crippen molar-refractivity contribution in [2.45, 2.75) is 148 Å². The van der Waals surface area contributed by atoms with Crippen LogP contribution in [0.4, 0.5) is 0 Å². The van der Waals surface area contributed by atoms with E-state index >= 15 is 0 Å². The summed E-state index contributed by atoms with van der Waals surface area (Å²) in [6, 6.07) is 0.642. The number of hydrogen-bond acceptors (Lipinski definition) is 1. The molecule has 0 bridgehead atoms. The summed E-state index contributed by atoms with van der Waals surface area (Å²) in [5.41, 5.74) is 0. The van der Waals surface area contributed by atoms with Crippen molar-refractivity contribution in [3.8, 4) is 0 Å². The Balaban J connectivity index is 3.40. The molecule has 0 heterocycles. The van der Waals surface area contributed by atoms with Crippen molar-refractivity contribution >= 4 is 0 Å². The fraction of sp³-hybridized carbons (Fsp3) is 0.926. The van der Waals surface area contributed by atoms with Gasteiger partial charge in [0.25, 0.3) is 0 Å². The molecular formula is C27H55N. The molecule has 0 aliphatic rings. The highest BCUT2D eigenvalue weighted by Gasteiger charge is 2.06. The minimum atomic E-state index is 0.642. The highest BCUT2D eigenvalue weighted by Crippen LogP contribution is 2.15. The van der Waals surface area contributed by atoms with Crippen molar-refractivity contribution in [3.63, 3.8) is 0 Å². The third-order valence-electron chi connectivity index (χ3n) is 6.10. The molecular weight excluding hydrogens is 338 g/mol. The molecule has 168 valence electrons. The minimum Gasteiger partial charge on any atom is -0.303 e. The van der Waals surface area contributed by atoms with Gasteiger partial charge in [0.1, 0.15) is 0 Å². The zero-order valence-corrected chi connectivity index (χ0v) is 20.3. The van der Waals surface area contributed by atoms with Gasteiger partial charge in [-0.25, -0.2) is 0 Å². The molecule has 0 saturated heterocycles. The first-order valence-corrected chi connectivity index (χ1v) is 13.1. The van der Waals surface area contributed by atoms with Gasteiger partial charge < -0.3 is 4.90 Å². The summed E-state index contributed by atoms with van der Waals surface area (Å²) in [5.74, 6) is 0. The van der Waals surface area contributed by atoms with E-state index in [1.807, 2.05) is 0 Å². The Morgan fingerprint density at radius 3 is 1.36 bits per heavy atom. The number of rotatable bonds is 22. The lowest BCUT2D eigenvalue weighted by atomic mass is 10.0. The second-order valence-corrected chi connectivity index (χ2v) is 9.19. The number of hydrogen-bond donors (Lipinski definition) is 0. The molecule has 0 aromatic carbocycles. The fourth-order valence-electron chi connectivity index (χ4n) is 4.02.